The average molecular weight is 261 g/mol. The summed E-state index contributed by atoms with van der Waals surface area (Å²) in [5, 5.41) is 3.37. The van der Waals surface area contributed by atoms with Gasteiger partial charge in [0.2, 0.25) is 0 Å². The van der Waals surface area contributed by atoms with Gasteiger partial charge in [0, 0.05) is 13.0 Å². The summed E-state index contributed by atoms with van der Waals surface area (Å²) in [5.41, 5.74) is 1.20. The van der Waals surface area contributed by atoms with Crippen LogP contribution in [0.1, 0.15) is 32.3 Å². The molecule has 1 aromatic carbocycles. The third-order valence-electron chi connectivity index (χ3n) is 2.65. The largest absolute Gasteiger partial charge is 0.493 e. The Bertz CT molecular complexity index is 432. The number of nitrogens with one attached hydrogen (secondary N) is 1. The minimum Gasteiger partial charge on any atom is -0.493 e. The highest BCUT2D eigenvalue weighted by molar-refractivity contribution is 5.43. The van der Waals surface area contributed by atoms with E-state index in [1.165, 1.54) is 5.56 Å². The van der Waals surface area contributed by atoms with E-state index in [1.54, 1.807) is 7.11 Å². The van der Waals surface area contributed by atoms with Gasteiger partial charge in [-0.25, -0.2) is 0 Å². The van der Waals surface area contributed by atoms with Crippen LogP contribution in [0.25, 0.3) is 0 Å². The minimum absolute atomic E-state index is 0.588. The van der Waals surface area contributed by atoms with E-state index >= 15 is 0 Å². The van der Waals surface area contributed by atoms with Gasteiger partial charge in [0.1, 0.15) is 0 Å². The molecule has 104 valence electrons. The summed E-state index contributed by atoms with van der Waals surface area (Å²) < 4.78 is 11.0. The highest BCUT2D eigenvalue weighted by atomic mass is 16.5. The van der Waals surface area contributed by atoms with E-state index in [9.17, 15) is 0 Å². The van der Waals surface area contributed by atoms with Crippen LogP contribution in [0.2, 0.25) is 0 Å². The summed E-state index contributed by atoms with van der Waals surface area (Å²) in [6, 6.07) is 6.04. The molecule has 0 atom stereocenters. The smallest absolute Gasteiger partial charge is 0.161 e. The van der Waals surface area contributed by atoms with Crippen molar-refractivity contribution < 1.29 is 9.47 Å². The number of ether oxygens (including phenoxy) is 2. The molecular formula is C16H23NO2. The summed E-state index contributed by atoms with van der Waals surface area (Å²) in [5.74, 6) is 7.38. The summed E-state index contributed by atoms with van der Waals surface area (Å²) in [7, 11) is 1.66. The third kappa shape index (κ3) is 5.67. The molecule has 0 saturated carbocycles. The minimum atomic E-state index is 0.588. The molecule has 19 heavy (non-hydrogen) atoms. The molecule has 0 radical (unpaired) electrons. The first kappa shape index (κ1) is 15.4. The Morgan fingerprint density at radius 2 is 2.11 bits per heavy atom. The molecule has 0 bridgehead atoms. The second-order valence-corrected chi connectivity index (χ2v) is 4.19. The maximum atomic E-state index is 5.66. The summed E-state index contributed by atoms with van der Waals surface area (Å²) in [6.45, 7) is 6.45. The number of benzene rings is 1. The molecule has 1 aromatic rings. The second kappa shape index (κ2) is 9.29. The van der Waals surface area contributed by atoms with Gasteiger partial charge in [-0.2, -0.15) is 0 Å². The number of hydrogen-bond acceptors (Lipinski definition) is 3. The van der Waals surface area contributed by atoms with Gasteiger partial charge in [-0.05, 0) is 37.6 Å². The van der Waals surface area contributed by atoms with E-state index in [4.69, 9.17) is 9.47 Å². The zero-order valence-electron chi connectivity index (χ0n) is 12.1. The lowest BCUT2D eigenvalue weighted by Crippen LogP contribution is -2.13. The van der Waals surface area contributed by atoms with Crippen molar-refractivity contribution in [3.63, 3.8) is 0 Å². The van der Waals surface area contributed by atoms with Crippen LogP contribution in [0.5, 0.6) is 11.5 Å². The van der Waals surface area contributed by atoms with Crippen LogP contribution in [0.4, 0.5) is 0 Å². The molecule has 3 nitrogen and oxygen atoms in total. The van der Waals surface area contributed by atoms with Crippen LogP contribution >= 0.6 is 0 Å². The van der Waals surface area contributed by atoms with E-state index in [0.29, 0.717) is 6.61 Å². The highest BCUT2D eigenvalue weighted by Crippen LogP contribution is 2.28. The van der Waals surface area contributed by atoms with Crippen molar-refractivity contribution in [1.82, 2.24) is 5.32 Å². The Kier molecular flexibility index (Phi) is 7.53. The number of methoxy groups -OCH3 is 1. The molecule has 0 spiro atoms. The fourth-order valence-corrected chi connectivity index (χ4v) is 1.69. The average Bonchev–Trinajstić information content (AvgIpc) is 2.44. The van der Waals surface area contributed by atoms with E-state index in [1.807, 2.05) is 19.1 Å². The Morgan fingerprint density at radius 3 is 2.79 bits per heavy atom. The predicted octanol–water partition coefficient (Wildman–Crippen LogP) is 2.99. The van der Waals surface area contributed by atoms with Crippen LogP contribution < -0.4 is 14.8 Å². The third-order valence-corrected chi connectivity index (χ3v) is 2.65. The standard InChI is InChI=1S/C16H23NO2/c1-4-6-7-11-19-15-9-8-14(12-16(15)18-3)13-17-10-5-2/h8-9,12,17H,5,7,10-11,13H2,1-3H3. The Balaban J connectivity index is 2.58. The highest BCUT2D eigenvalue weighted by Gasteiger charge is 2.05. The fraction of sp³-hybridized carbons (Fsp3) is 0.500. The first-order valence-corrected chi connectivity index (χ1v) is 6.71. The second-order valence-electron chi connectivity index (χ2n) is 4.19. The van der Waals surface area contributed by atoms with E-state index in [0.717, 1.165) is 37.4 Å². The monoisotopic (exact) mass is 261 g/mol. The van der Waals surface area contributed by atoms with Crippen molar-refractivity contribution in [2.24, 2.45) is 0 Å². The molecule has 0 aromatic heterocycles. The molecule has 0 unspecified atom stereocenters. The molecule has 0 aliphatic heterocycles. The normalized spacial score (nSPS) is 9.63. The molecule has 0 fully saturated rings. The maximum Gasteiger partial charge on any atom is 0.161 e. The topological polar surface area (TPSA) is 30.5 Å². The predicted molar refractivity (Wildman–Crippen MR) is 78.6 cm³/mol. The lowest BCUT2D eigenvalue weighted by atomic mass is 10.2. The van der Waals surface area contributed by atoms with Gasteiger partial charge >= 0.3 is 0 Å². The summed E-state index contributed by atoms with van der Waals surface area (Å²) >= 11 is 0. The van der Waals surface area contributed by atoms with Gasteiger partial charge in [-0.15, -0.1) is 11.8 Å². The van der Waals surface area contributed by atoms with Gasteiger partial charge in [0.25, 0.3) is 0 Å². The van der Waals surface area contributed by atoms with Crippen molar-refractivity contribution in [2.45, 2.75) is 33.2 Å². The molecule has 0 amide bonds. The number of hydrogen-bond donors (Lipinski definition) is 1. The van der Waals surface area contributed by atoms with Gasteiger partial charge in [0.15, 0.2) is 11.5 Å². The van der Waals surface area contributed by atoms with Crippen LogP contribution in [0.3, 0.4) is 0 Å². The van der Waals surface area contributed by atoms with Crippen LogP contribution in [0, 0.1) is 11.8 Å². The van der Waals surface area contributed by atoms with Crippen molar-refractivity contribution >= 4 is 0 Å². The van der Waals surface area contributed by atoms with Crippen molar-refractivity contribution in [3.05, 3.63) is 23.8 Å². The van der Waals surface area contributed by atoms with Crippen LogP contribution in [-0.4, -0.2) is 20.3 Å². The van der Waals surface area contributed by atoms with E-state index < -0.39 is 0 Å². The fourth-order valence-electron chi connectivity index (χ4n) is 1.69. The number of rotatable bonds is 8. The Labute approximate surface area is 116 Å². The van der Waals surface area contributed by atoms with E-state index in [2.05, 4.69) is 30.1 Å². The van der Waals surface area contributed by atoms with Crippen molar-refractivity contribution in [2.75, 3.05) is 20.3 Å². The molecule has 1 N–H and O–H groups in total. The molecular weight excluding hydrogens is 238 g/mol. The van der Waals surface area contributed by atoms with Crippen LogP contribution in [-0.2, 0) is 6.54 Å². The van der Waals surface area contributed by atoms with Gasteiger partial charge < -0.3 is 14.8 Å². The lowest BCUT2D eigenvalue weighted by molar-refractivity contribution is 0.301. The molecule has 0 heterocycles. The SMILES string of the molecule is CC#CCCOc1ccc(CNCCC)cc1OC. The van der Waals surface area contributed by atoms with Gasteiger partial charge in [-0.1, -0.05) is 13.0 Å². The Hall–Kier alpha value is -1.66. The zero-order valence-corrected chi connectivity index (χ0v) is 12.1. The maximum absolute atomic E-state index is 5.66. The molecule has 0 aliphatic rings. The first-order chi connectivity index (χ1) is 9.31. The molecule has 0 saturated heterocycles. The van der Waals surface area contributed by atoms with Crippen molar-refractivity contribution in [3.8, 4) is 23.3 Å². The molecule has 3 heteroatoms. The zero-order chi connectivity index (χ0) is 13.9. The van der Waals surface area contributed by atoms with Crippen LogP contribution in [0.15, 0.2) is 18.2 Å². The first-order valence-electron chi connectivity index (χ1n) is 6.71. The van der Waals surface area contributed by atoms with Gasteiger partial charge in [-0.3, -0.25) is 0 Å². The van der Waals surface area contributed by atoms with Crippen molar-refractivity contribution in [1.29, 1.82) is 0 Å². The van der Waals surface area contributed by atoms with Gasteiger partial charge in [0.05, 0.1) is 13.7 Å². The quantitative estimate of drug-likeness (QED) is 0.576. The summed E-state index contributed by atoms with van der Waals surface area (Å²) in [6.07, 6.45) is 1.87. The lowest BCUT2D eigenvalue weighted by Gasteiger charge is -2.11. The summed E-state index contributed by atoms with van der Waals surface area (Å²) in [4.78, 5) is 0. The Morgan fingerprint density at radius 1 is 1.26 bits per heavy atom. The molecule has 1 rings (SSSR count). The molecule has 0 aliphatic carbocycles. The van der Waals surface area contributed by atoms with E-state index in [-0.39, 0.29) is 0 Å².